The molecule has 1 N–H and O–H groups in total. The van der Waals surface area contributed by atoms with Crippen LogP contribution in [0.15, 0.2) is 18.3 Å². The van der Waals surface area contributed by atoms with E-state index in [1.807, 2.05) is 17.8 Å². The summed E-state index contributed by atoms with van der Waals surface area (Å²) in [7, 11) is 0. The lowest BCUT2D eigenvalue weighted by Crippen LogP contribution is -2.37. The van der Waals surface area contributed by atoms with Gasteiger partial charge in [0, 0.05) is 24.1 Å². The van der Waals surface area contributed by atoms with E-state index >= 15 is 0 Å². The minimum atomic E-state index is -0.975. The number of anilines is 1. The largest absolute Gasteiger partial charge is 0.477 e. The van der Waals surface area contributed by atoms with E-state index in [4.69, 9.17) is 5.11 Å². The van der Waals surface area contributed by atoms with Crippen molar-refractivity contribution in [3.8, 4) is 0 Å². The van der Waals surface area contributed by atoms with Gasteiger partial charge in [-0.15, -0.1) is 0 Å². The molecule has 1 aromatic rings. The van der Waals surface area contributed by atoms with Gasteiger partial charge in [0.2, 0.25) is 0 Å². The monoisotopic (exact) mass is 252 g/mol. The average molecular weight is 252 g/mol. The van der Waals surface area contributed by atoms with E-state index in [9.17, 15) is 4.79 Å². The predicted octanol–water partition coefficient (Wildman–Crippen LogP) is 2.11. The van der Waals surface area contributed by atoms with E-state index in [0.717, 1.165) is 24.5 Å². The lowest BCUT2D eigenvalue weighted by molar-refractivity contribution is 0.0690. The summed E-state index contributed by atoms with van der Waals surface area (Å²) in [5.41, 5.74) is 1.13. The van der Waals surface area contributed by atoms with Gasteiger partial charge in [-0.1, -0.05) is 6.92 Å². The summed E-state index contributed by atoms with van der Waals surface area (Å²) in [6.45, 7) is 4.23. The van der Waals surface area contributed by atoms with Gasteiger partial charge >= 0.3 is 5.97 Å². The molecule has 0 amide bonds. The molecule has 0 aromatic carbocycles. The highest BCUT2D eigenvalue weighted by Gasteiger charge is 2.19. The van der Waals surface area contributed by atoms with Gasteiger partial charge in [0.25, 0.3) is 0 Å². The topological polar surface area (TPSA) is 53.4 Å². The van der Waals surface area contributed by atoms with Gasteiger partial charge in [0.1, 0.15) is 5.69 Å². The van der Waals surface area contributed by atoms with Crippen LogP contribution in [-0.2, 0) is 0 Å². The van der Waals surface area contributed by atoms with Gasteiger partial charge in [-0.3, -0.25) is 0 Å². The molecular formula is C12H16N2O2S. The lowest BCUT2D eigenvalue weighted by Gasteiger charge is -2.33. The molecule has 0 spiro atoms. The normalized spacial score (nSPS) is 20.3. The Balaban J connectivity index is 2.08. The first-order valence-corrected chi connectivity index (χ1v) is 6.81. The van der Waals surface area contributed by atoms with Gasteiger partial charge in [0.05, 0.1) is 11.9 Å². The number of aromatic nitrogens is 1. The molecule has 1 aliphatic rings. The van der Waals surface area contributed by atoms with Crippen molar-refractivity contribution < 1.29 is 9.90 Å². The number of hydrogen-bond donors (Lipinski definition) is 1. The van der Waals surface area contributed by atoms with Crippen LogP contribution >= 0.6 is 11.8 Å². The molecule has 0 bridgehead atoms. The summed E-state index contributed by atoms with van der Waals surface area (Å²) in [4.78, 5) is 16.9. The summed E-state index contributed by atoms with van der Waals surface area (Å²) in [6, 6.07) is 3.42. The fourth-order valence-electron chi connectivity index (χ4n) is 1.90. The summed E-state index contributed by atoms with van der Waals surface area (Å²) in [5.74, 6) is 0.149. The van der Waals surface area contributed by atoms with Gasteiger partial charge < -0.3 is 10.0 Å². The fourth-order valence-corrected chi connectivity index (χ4v) is 3.08. The third-order valence-electron chi connectivity index (χ3n) is 2.93. The molecule has 1 atom stereocenters. The van der Waals surface area contributed by atoms with Gasteiger partial charge in [-0.25, -0.2) is 9.78 Å². The van der Waals surface area contributed by atoms with Crippen LogP contribution < -0.4 is 4.90 Å². The van der Waals surface area contributed by atoms with E-state index in [-0.39, 0.29) is 5.69 Å². The number of carbonyl (C=O) groups is 1. The molecule has 2 heterocycles. The molecule has 1 saturated heterocycles. The number of hydrogen-bond acceptors (Lipinski definition) is 4. The molecule has 1 aromatic heterocycles. The van der Waals surface area contributed by atoms with Crippen LogP contribution in [0.3, 0.4) is 0 Å². The zero-order valence-corrected chi connectivity index (χ0v) is 10.6. The van der Waals surface area contributed by atoms with Crippen LogP contribution in [-0.4, -0.2) is 40.2 Å². The average Bonchev–Trinajstić information content (AvgIpc) is 2.39. The maximum Gasteiger partial charge on any atom is 0.354 e. The number of carboxylic acid groups (broad SMARTS) is 1. The molecule has 1 fully saturated rings. The number of aromatic carboxylic acids is 1. The maximum atomic E-state index is 10.7. The van der Waals surface area contributed by atoms with Crippen molar-refractivity contribution in [1.82, 2.24) is 4.98 Å². The van der Waals surface area contributed by atoms with Crippen molar-refractivity contribution in [3.63, 3.8) is 0 Å². The third-order valence-corrected chi connectivity index (χ3v) is 4.30. The highest BCUT2D eigenvalue weighted by atomic mass is 32.2. The third kappa shape index (κ3) is 2.91. The summed E-state index contributed by atoms with van der Waals surface area (Å²) < 4.78 is 0. The Kier molecular flexibility index (Phi) is 3.89. The smallest absolute Gasteiger partial charge is 0.354 e. The van der Waals surface area contributed by atoms with E-state index in [1.165, 1.54) is 6.42 Å². The maximum absolute atomic E-state index is 10.7. The molecule has 17 heavy (non-hydrogen) atoms. The number of carboxylic acids is 1. The molecule has 92 valence electrons. The molecule has 0 radical (unpaired) electrons. The Labute approximate surface area is 105 Å². The molecule has 2 rings (SSSR count). The first kappa shape index (κ1) is 12.2. The quantitative estimate of drug-likeness (QED) is 0.893. The van der Waals surface area contributed by atoms with E-state index in [1.54, 1.807) is 12.3 Å². The van der Waals surface area contributed by atoms with Crippen molar-refractivity contribution in [2.75, 3.05) is 23.7 Å². The standard InChI is InChI=1S/C12H16N2O2S/c1-2-10-8-14(5-6-17-10)9-3-4-11(12(15)16)13-7-9/h3-4,7,10H,2,5-6,8H2,1H3,(H,15,16). The molecule has 1 aliphatic heterocycles. The van der Waals surface area contributed by atoms with Crippen molar-refractivity contribution in [2.24, 2.45) is 0 Å². The van der Waals surface area contributed by atoms with Crippen LogP contribution in [0, 0.1) is 0 Å². The highest BCUT2D eigenvalue weighted by Crippen LogP contribution is 2.25. The molecular weight excluding hydrogens is 236 g/mol. The Morgan fingerprint density at radius 2 is 2.47 bits per heavy atom. The molecule has 1 unspecified atom stereocenters. The SMILES string of the molecule is CCC1CN(c2ccc(C(=O)O)nc2)CCS1. The van der Waals surface area contributed by atoms with Crippen molar-refractivity contribution in [2.45, 2.75) is 18.6 Å². The minimum absolute atomic E-state index is 0.104. The number of thioether (sulfide) groups is 1. The molecule has 4 nitrogen and oxygen atoms in total. The lowest BCUT2D eigenvalue weighted by atomic mass is 10.2. The van der Waals surface area contributed by atoms with Gasteiger partial charge in [0.15, 0.2) is 0 Å². The molecule has 5 heteroatoms. The van der Waals surface area contributed by atoms with Crippen molar-refractivity contribution in [1.29, 1.82) is 0 Å². The predicted molar refractivity (Wildman–Crippen MR) is 69.9 cm³/mol. The minimum Gasteiger partial charge on any atom is -0.477 e. The Morgan fingerprint density at radius 3 is 3.06 bits per heavy atom. The van der Waals surface area contributed by atoms with Crippen LogP contribution in [0.5, 0.6) is 0 Å². The van der Waals surface area contributed by atoms with Crippen molar-refractivity contribution >= 4 is 23.4 Å². The Morgan fingerprint density at radius 1 is 1.65 bits per heavy atom. The van der Waals surface area contributed by atoms with E-state index in [2.05, 4.69) is 16.8 Å². The number of pyridine rings is 1. The van der Waals surface area contributed by atoms with Crippen LogP contribution in [0.25, 0.3) is 0 Å². The second-order valence-electron chi connectivity index (χ2n) is 4.05. The number of rotatable bonds is 3. The second kappa shape index (κ2) is 5.40. The Bertz CT molecular complexity index is 394. The van der Waals surface area contributed by atoms with Crippen LogP contribution in [0.4, 0.5) is 5.69 Å². The van der Waals surface area contributed by atoms with E-state index < -0.39 is 5.97 Å². The van der Waals surface area contributed by atoms with Crippen molar-refractivity contribution in [3.05, 3.63) is 24.0 Å². The second-order valence-corrected chi connectivity index (χ2v) is 5.46. The summed E-state index contributed by atoms with van der Waals surface area (Å²) >= 11 is 2.01. The first-order valence-electron chi connectivity index (χ1n) is 5.76. The summed E-state index contributed by atoms with van der Waals surface area (Å²) in [6.07, 6.45) is 2.83. The summed E-state index contributed by atoms with van der Waals surface area (Å²) in [5, 5.41) is 9.46. The molecule has 0 saturated carbocycles. The van der Waals surface area contributed by atoms with E-state index in [0.29, 0.717) is 5.25 Å². The zero-order chi connectivity index (χ0) is 12.3. The van der Waals surface area contributed by atoms with Gasteiger partial charge in [-0.05, 0) is 18.6 Å². The van der Waals surface area contributed by atoms with Crippen LogP contribution in [0.1, 0.15) is 23.8 Å². The Hall–Kier alpha value is -1.23. The zero-order valence-electron chi connectivity index (χ0n) is 9.80. The molecule has 0 aliphatic carbocycles. The van der Waals surface area contributed by atoms with Crippen LogP contribution in [0.2, 0.25) is 0 Å². The first-order chi connectivity index (χ1) is 8.20. The van der Waals surface area contributed by atoms with Gasteiger partial charge in [-0.2, -0.15) is 11.8 Å². The highest BCUT2D eigenvalue weighted by molar-refractivity contribution is 8.00. The number of nitrogens with zero attached hydrogens (tertiary/aromatic N) is 2. The fraction of sp³-hybridized carbons (Fsp3) is 0.500.